The normalized spacial score (nSPS) is 12.4. The Balaban J connectivity index is 2.25. The molecule has 1 N–H and O–H groups in total. The lowest BCUT2D eigenvalue weighted by Crippen LogP contribution is -2.24. The van der Waals surface area contributed by atoms with Gasteiger partial charge in [-0.1, -0.05) is 53.9 Å². The zero-order valence-corrected chi connectivity index (χ0v) is 14.1. The standard InChI is InChI=1S/C17H18Cl3N/c1-2-8-21-17(12-4-3-5-14(18)9-12)11-13-10-15(19)6-7-16(13)20/h3-7,9-10,17,21H,2,8,11H2,1H3. The van der Waals surface area contributed by atoms with Crippen molar-refractivity contribution in [3.8, 4) is 0 Å². The van der Waals surface area contributed by atoms with Gasteiger partial charge in [-0.15, -0.1) is 0 Å². The van der Waals surface area contributed by atoms with E-state index in [9.17, 15) is 0 Å². The fraction of sp³-hybridized carbons (Fsp3) is 0.294. The summed E-state index contributed by atoms with van der Waals surface area (Å²) in [5, 5.41) is 5.74. The summed E-state index contributed by atoms with van der Waals surface area (Å²) < 4.78 is 0. The second kappa shape index (κ2) is 8.05. The summed E-state index contributed by atoms with van der Waals surface area (Å²) >= 11 is 18.5. The van der Waals surface area contributed by atoms with Crippen LogP contribution in [0.1, 0.15) is 30.5 Å². The van der Waals surface area contributed by atoms with Crippen LogP contribution >= 0.6 is 34.8 Å². The number of rotatable bonds is 6. The molecule has 1 nitrogen and oxygen atoms in total. The largest absolute Gasteiger partial charge is 0.310 e. The Bertz CT molecular complexity index is 598. The van der Waals surface area contributed by atoms with Crippen molar-refractivity contribution in [3.05, 3.63) is 68.7 Å². The molecule has 112 valence electrons. The highest BCUT2D eigenvalue weighted by Gasteiger charge is 2.14. The third kappa shape index (κ3) is 4.89. The monoisotopic (exact) mass is 341 g/mol. The van der Waals surface area contributed by atoms with Crippen LogP contribution < -0.4 is 5.32 Å². The molecule has 0 aliphatic heterocycles. The quantitative estimate of drug-likeness (QED) is 0.686. The minimum atomic E-state index is 0.166. The first kappa shape index (κ1) is 16.6. The Labute approximate surface area is 141 Å². The topological polar surface area (TPSA) is 12.0 Å². The van der Waals surface area contributed by atoms with Crippen LogP contribution in [0.4, 0.5) is 0 Å². The molecule has 0 bridgehead atoms. The second-order valence-corrected chi connectivity index (χ2v) is 6.28. The van der Waals surface area contributed by atoms with E-state index < -0.39 is 0 Å². The van der Waals surface area contributed by atoms with Crippen molar-refractivity contribution in [1.82, 2.24) is 5.32 Å². The maximum atomic E-state index is 6.28. The predicted octanol–water partition coefficient (Wildman–Crippen LogP) is 5.93. The van der Waals surface area contributed by atoms with Crippen LogP contribution in [0, 0.1) is 0 Å². The second-order valence-electron chi connectivity index (χ2n) is 5.00. The van der Waals surface area contributed by atoms with Gasteiger partial charge in [-0.05, 0) is 60.8 Å². The molecule has 0 saturated carbocycles. The Kier molecular flexibility index (Phi) is 6.38. The maximum Gasteiger partial charge on any atom is 0.0439 e. The van der Waals surface area contributed by atoms with E-state index in [1.54, 1.807) is 6.07 Å². The molecular formula is C17H18Cl3N. The molecule has 0 amide bonds. The molecule has 2 aromatic carbocycles. The van der Waals surface area contributed by atoms with Crippen LogP contribution in [-0.4, -0.2) is 6.54 Å². The molecule has 0 radical (unpaired) electrons. The molecule has 1 atom stereocenters. The van der Waals surface area contributed by atoms with Gasteiger partial charge in [0.05, 0.1) is 0 Å². The van der Waals surface area contributed by atoms with Crippen molar-refractivity contribution in [2.24, 2.45) is 0 Å². The van der Waals surface area contributed by atoms with Crippen LogP contribution in [0.15, 0.2) is 42.5 Å². The fourth-order valence-corrected chi connectivity index (χ4v) is 2.86. The predicted molar refractivity (Wildman–Crippen MR) is 92.7 cm³/mol. The fourth-order valence-electron chi connectivity index (χ4n) is 2.27. The first-order valence-corrected chi connectivity index (χ1v) is 8.16. The van der Waals surface area contributed by atoms with E-state index >= 15 is 0 Å². The average molecular weight is 343 g/mol. The van der Waals surface area contributed by atoms with Gasteiger partial charge < -0.3 is 5.32 Å². The molecule has 0 aliphatic carbocycles. The van der Waals surface area contributed by atoms with Gasteiger partial charge in [-0.3, -0.25) is 0 Å². The number of nitrogens with one attached hydrogen (secondary N) is 1. The van der Waals surface area contributed by atoms with Crippen molar-refractivity contribution in [3.63, 3.8) is 0 Å². The molecule has 0 heterocycles. The molecule has 0 saturated heterocycles. The van der Waals surface area contributed by atoms with Gasteiger partial charge in [0.2, 0.25) is 0 Å². The van der Waals surface area contributed by atoms with Crippen molar-refractivity contribution in [2.75, 3.05) is 6.54 Å². The van der Waals surface area contributed by atoms with Gasteiger partial charge in [0.15, 0.2) is 0 Å². The van der Waals surface area contributed by atoms with E-state index in [1.807, 2.05) is 30.3 Å². The third-order valence-electron chi connectivity index (χ3n) is 3.32. The smallest absolute Gasteiger partial charge is 0.0439 e. The molecule has 1 unspecified atom stereocenters. The van der Waals surface area contributed by atoms with Crippen LogP contribution in [0.3, 0.4) is 0 Å². The van der Waals surface area contributed by atoms with E-state index in [-0.39, 0.29) is 6.04 Å². The Hall–Kier alpha value is -0.730. The summed E-state index contributed by atoms with van der Waals surface area (Å²) in [6.45, 7) is 3.09. The van der Waals surface area contributed by atoms with Crippen molar-refractivity contribution in [2.45, 2.75) is 25.8 Å². The molecule has 0 spiro atoms. The van der Waals surface area contributed by atoms with E-state index in [2.05, 4.69) is 18.3 Å². The molecule has 21 heavy (non-hydrogen) atoms. The summed E-state index contributed by atoms with van der Waals surface area (Å²) in [7, 11) is 0. The maximum absolute atomic E-state index is 6.28. The third-order valence-corrected chi connectivity index (χ3v) is 4.16. The summed E-state index contributed by atoms with van der Waals surface area (Å²) in [6, 6.07) is 13.7. The zero-order chi connectivity index (χ0) is 15.2. The molecule has 2 aromatic rings. The molecule has 0 aliphatic rings. The highest BCUT2D eigenvalue weighted by atomic mass is 35.5. The average Bonchev–Trinajstić information content (AvgIpc) is 2.47. The molecule has 0 aromatic heterocycles. The minimum Gasteiger partial charge on any atom is -0.310 e. The van der Waals surface area contributed by atoms with Gasteiger partial charge in [0.25, 0.3) is 0 Å². The van der Waals surface area contributed by atoms with Crippen molar-refractivity contribution in [1.29, 1.82) is 0 Å². The Morgan fingerprint density at radius 3 is 2.48 bits per heavy atom. The summed E-state index contributed by atoms with van der Waals surface area (Å²) in [6.07, 6.45) is 1.85. The molecule has 0 fully saturated rings. The molecular weight excluding hydrogens is 325 g/mol. The van der Waals surface area contributed by atoms with Gasteiger partial charge in [0, 0.05) is 21.1 Å². The summed E-state index contributed by atoms with van der Waals surface area (Å²) in [4.78, 5) is 0. The van der Waals surface area contributed by atoms with Gasteiger partial charge >= 0.3 is 0 Å². The molecule has 2 rings (SSSR count). The van der Waals surface area contributed by atoms with E-state index in [1.165, 1.54) is 0 Å². The van der Waals surface area contributed by atoms with Crippen molar-refractivity contribution >= 4 is 34.8 Å². The van der Waals surface area contributed by atoms with E-state index in [0.29, 0.717) is 5.02 Å². The SMILES string of the molecule is CCCNC(Cc1cc(Cl)ccc1Cl)c1cccc(Cl)c1. The highest BCUT2D eigenvalue weighted by molar-refractivity contribution is 6.33. The number of hydrogen-bond acceptors (Lipinski definition) is 1. The van der Waals surface area contributed by atoms with Crippen LogP contribution in [-0.2, 0) is 6.42 Å². The van der Waals surface area contributed by atoms with E-state index in [0.717, 1.165) is 40.6 Å². The Morgan fingerprint density at radius 2 is 1.76 bits per heavy atom. The number of benzene rings is 2. The van der Waals surface area contributed by atoms with E-state index in [4.69, 9.17) is 34.8 Å². The van der Waals surface area contributed by atoms with Crippen LogP contribution in [0.2, 0.25) is 15.1 Å². The first-order valence-electron chi connectivity index (χ1n) is 7.03. The number of halogens is 3. The lowest BCUT2D eigenvalue weighted by Gasteiger charge is -2.20. The lowest BCUT2D eigenvalue weighted by atomic mass is 9.98. The van der Waals surface area contributed by atoms with Crippen molar-refractivity contribution < 1.29 is 0 Å². The molecule has 4 heteroatoms. The zero-order valence-electron chi connectivity index (χ0n) is 11.9. The number of hydrogen-bond donors (Lipinski definition) is 1. The highest BCUT2D eigenvalue weighted by Crippen LogP contribution is 2.27. The Morgan fingerprint density at radius 1 is 1.00 bits per heavy atom. The van der Waals surface area contributed by atoms with Crippen LogP contribution in [0.5, 0.6) is 0 Å². The lowest BCUT2D eigenvalue weighted by molar-refractivity contribution is 0.529. The van der Waals surface area contributed by atoms with Gasteiger partial charge in [0.1, 0.15) is 0 Å². The van der Waals surface area contributed by atoms with Gasteiger partial charge in [-0.25, -0.2) is 0 Å². The van der Waals surface area contributed by atoms with Crippen LogP contribution in [0.25, 0.3) is 0 Å². The first-order chi connectivity index (χ1) is 10.1. The van der Waals surface area contributed by atoms with Gasteiger partial charge in [-0.2, -0.15) is 0 Å². The summed E-state index contributed by atoms with van der Waals surface area (Å²) in [5.41, 5.74) is 2.20. The summed E-state index contributed by atoms with van der Waals surface area (Å²) in [5.74, 6) is 0. The minimum absolute atomic E-state index is 0.166.